The predicted molar refractivity (Wildman–Crippen MR) is 120 cm³/mol. The molecule has 0 bridgehead atoms. The molecule has 0 aliphatic carbocycles. The SMILES string of the molecule is CCOc1cc(/C=C(/C#N)c2ccccc2)ccc1OCCOc1cccc(C)c1. The molecule has 0 atom stereocenters. The van der Waals surface area contributed by atoms with Crippen molar-refractivity contribution in [3.8, 4) is 23.3 Å². The molecule has 30 heavy (non-hydrogen) atoms. The summed E-state index contributed by atoms with van der Waals surface area (Å²) in [5.74, 6) is 2.13. The topological polar surface area (TPSA) is 51.5 Å². The maximum atomic E-state index is 9.53. The summed E-state index contributed by atoms with van der Waals surface area (Å²) in [6.07, 6.45) is 1.85. The highest BCUT2D eigenvalue weighted by Crippen LogP contribution is 2.30. The van der Waals surface area contributed by atoms with Gasteiger partial charge in [-0.2, -0.15) is 5.26 Å². The van der Waals surface area contributed by atoms with Crippen molar-refractivity contribution in [1.82, 2.24) is 0 Å². The number of allylic oxidation sites excluding steroid dienone is 1. The van der Waals surface area contributed by atoms with Crippen molar-refractivity contribution in [3.05, 3.63) is 89.5 Å². The molecule has 0 amide bonds. The number of rotatable bonds is 9. The number of ether oxygens (including phenoxy) is 3. The first-order valence-electron chi connectivity index (χ1n) is 9.96. The van der Waals surface area contributed by atoms with Crippen molar-refractivity contribution in [2.75, 3.05) is 19.8 Å². The Labute approximate surface area is 178 Å². The van der Waals surface area contributed by atoms with Crippen molar-refractivity contribution >= 4 is 11.6 Å². The van der Waals surface area contributed by atoms with Crippen LogP contribution in [-0.4, -0.2) is 19.8 Å². The van der Waals surface area contributed by atoms with Crippen molar-refractivity contribution in [3.63, 3.8) is 0 Å². The molecule has 0 unspecified atom stereocenters. The highest BCUT2D eigenvalue weighted by atomic mass is 16.5. The van der Waals surface area contributed by atoms with E-state index in [0.717, 1.165) is 22.4 Å². The normalized spacial score (nSPS) is 10.9. The quantitative estimate of drug-likeness (QED) is 0.255. The average molecular weight is 399 g/mol. The summed E-state index contributed by atoms with van der Waals surface area (Å²) in [6, 6.07) is 25.5. The van der Waals surface area contributed by atoms with E-state index in [0.29, 0.717) is 36.9 Å². The van der Waals surface area contributed by atoms with Gasteiger partial charge in [0.15, 0.2) is 11.5 Å². The largest absolute Gasteiger partial charge is 0.490 e. The van der Waals surface area contributed by atoms with E-state index < -0.39 is 0 Å². The van der Waals surface area contributed by atoms with Crippen LogP contribution >= 0.6 is 0 Å². The van der Waals surface area contributed by atoms with Gasteiger partial charge in [-0.1, -0.05) is 48.5 Å². The van der Waals surface area contributed by atoms with Gasteiger partial charge in [-0.3, -0.25) is 0 Å². The van der Waals surface area contributed by atoms with Gasteiger partial charge in [0.1, 0.15) is 19.0 Å². The predicted octanol–water partition coefficient (Wildman–Crippen LogP) is 5.92. The monoisotopic (exact) mass is 399 g/mol. The Balaban J connectivity index is 1.68. The summed E-state index contributed by atoms with van der Waals surface area (Å²) >= 11 is 0. The molecule has 0 aliphatic heterocycles. The Morgan fingerprint density at radius 3 is 2.40 bits per heavy atom. The fourth-order valence-corrected chi connectivity index (χ4v) is 2.98. The van der Waals surface area contributed by atoms with E-state index >= 15 is 0 Å². The molecule has 0 fully saturated rings. The summed E-state index contributed by atoms with van der Waals surface area (Å²) < 4.78 is 17.4. The third kappa shape index (κ3) is 5.89. The van der Waals surface area contributed by atoms with Crippen LogP contribution < -0.4 is 14.2 Å². The molecular formula is C26H25NO3. The first kappa shape index (κ1) is 21.0. The number of nitriles is 1. The van der Waals surface area contributed by atoms with Crippen molar-refractivity contribution in [2.45, 2.75) is 13.8 Å². The lowest BCUT2D eigenvalue weighted by atomic mass is 10.0. The van der Waals surface area contributed by atoms with Crippen LogP contribution in [0.3, 0.4) is 0 Å². The second-order valence-corrected chi connectivity index (χ2v) is 6.69. The van der Waals surface area contributed by atoms with Gasteiger partial charge in [-0.05, 0) is 60.9 Å². The van der Waals surface area contributed by atoms with E-state index in [-0.39, 0.29) is 0 Å². The van der Waals surface area contributed by atoms with E-state index in [9.17, 15) is 5.26 Å². The standard InChI is InChI=1S/C26H25NO3/c1-3-28-26-18-21(17-23(19-27)22-9-5-4-6-10-22)12-13-25(26)30-15-14-29-24-11-7-8-20(2)16-24/h4-13,16-18H,3,14-15H2,1-2H3/b23-17-. The van der Waals surface area contributed by atoms with Gasteiger partial charge in [-0.15, -0.1) is 0 Å². The molecule has 0 aromatic heterocycles. The summed E-state index contributed by atoms with van der Waals surface area (Å²) in [5, 5.41) is 9.53. The zero-order valence-corrected chi connectivity index (χ0v) is 17.3. The van der Waals surface area contributed by atoms with Gasteiger partial charge < -0.3 is 14.2 Å². The molecule has 3 aromatic rings. The highest BCUT2D eigenvalue weighted by Gasteiger charge is 2.08. The van der Waals surface area contributed by atoms with E-state index in [2.05, 4.69) is 6.07 Å². The van der Waals surface area contributed by atoms with Gasteiger partial charge in [0.05, 0.1) is 18.2 Å². The van der Waals surface area contributed by atoms with Crippen LogP contribution in [0.5, 0.6) is 17.2 Å². The van der Waals surface area contributed by atoms with Gasteiger partial charge >= 0.3 is 0 Å². The van der Waals surface area contributed by atoms with Crippen LogP contribution in [0.4, 0.5) is 0 Å². The Hall–Kier alpha value is -3.71. The van der Waals surface area contributed by atoms with Gasteiger partial charge in [0.2, 0.25) is 0 Å². The van der Waals surface area contributed by atoms with Gasteiger partial charge in [0.25, 0.3) is 0 Å². The number of aryl methyl sites for hydroxylation is 1. The van der Waals surface area contributed by atoms with Crippen molar-refractivity contribution < 1.29 is 14.2 Å². The molecule has 0 aliphatic rings. The summed E-state index contributed by atoms with van der Waals surface area (Å²) in [4.78, 5) is 0. The van der Waals surface area contributed by atoms with Crippen LogP contribution in [0, 0.1) is 18.3 Å². The second kappa shape index (κ2) is 10.7. The maximum absolute atomic E-state index is 9.53. The van der Waals surface area contributed by atoms with Gasteiger partial charge in [-0.25, -0.2) is 0 Å². The van der Waals surface area contributed by atoms with Crippen LogP contribution in [0.2, 0.25) is 0 Å². The van der Waals surface area contributed by atoms with E-state index in [4.69, 9.17) is 14.2 Å². The zero-order chi connectivity index (χ0) is 21.2. The molecule has 4 heteroatoms. The highest BCUT2D eigenvalue weighted by molar-refractivity contribution is 5.89. The molecule has 0 spiro atoms. The third-order valence-corrected chi connectivity index (χ3v) is 4.38. The molecule has 3 rings (SSSR count). The Morgan fingerprint density at radius 2 is 1.67 bits per heavy atom. The van der Waals surface area contributed by atoms with E-state index in [1.54, 1.807) is 0 Å². The van der Waals surface area contributed by atoms with Crippen LogP contribution in [0.15, 0.2) is 72.8 Å². The minimum absolute atomic E-state index is 0.399. The molecule has 0 radical (unpaired) electrons. The Bertz CT molecular complexity index is 1040. The first-order chi connectivity index (χ1) is 14.7. The summed E-state index contributed by atoms with van der Waals surface area (Å²) in [6.45, 7) is 5.31. The number of benzene rings is 3. The third-order valence-electron chi connectivity index (χ3n) is 4.38. The fourth-order valence-electron chi connectivity index (χ4n) is 2.98. The summed E-state index contributed by atoms with van der Waals surface area (Å²) in [5.41, 5.74) is 3.51. The van der Waals surface area contributed by atoms with Crippen LogP contribution in [0.1, 0.15) is 23.6 Å². The molecule has 4 nitrogen and oxygen atoms in total. The lowest BCUT2D eigenvalue weighted by Crippen LogP contribution is -2.10. The number of hydrogen-bond acceptors (Lipinski definition) is 4. The molecule has 0 heterocycles. The van der Waals surface area contributed by atoms with Gasteiger partial charge in [0, 0.05) is 0 Å². The minimum Gasteiger partial charge on any atom is -0.490 e. The average Bonchev–Trinajstić information content (AvgIpc) is 2.77. The first-order valence-corrected chi connectivity index (χ1v) is 9.96. The molecule has 0 saturated carbocycles. The van der Waals surface area contributed by atoms with Crippen molar-refractivity contribution in [1.29, 1.82) is 5.26 Å². The van der Waals surface area contributed by atoms with Crippen molar-refractivity contribution in [2.24, 2.45) is 0 Å². The van der Waals surface area contributed by atoms with Crippen LogP contribution in [0.25, 0.3) is 11.6 Å². The lowest BCUT2D eigenvalue weighted by molar-refractivity contribution is 0.208. The smallest absolute Gasteiger partial charge is 0.161 e. The second-order valence-electron chi connectivity index (χ2n) is 6.69. The Kier molecular flexibility index (Phi) is 7.51. The molecule has 152 valence electrons. The lowest BCUT2D eigenvalue weighted by Gasteiger charge is -2.13. The molecule has 3 aromatic carbocycles. The molecule has 0 N–H and O–H groups in total. The molecular weight excluding hydrogens is 374 g/mol. The zero-order valence-electron chi connectivity index (χ0n) is 17.3. The van der Waals surface area contributed by atoms with Crippen LogP contribution in [-0.2, 0) is 0 Å². The minimum atomic E-state index is 0.399. The number of hydrogen-bond donors (Lipinski definition) is 0. The van der Waals surface area contributed by atoms with E-state index in [1.807, 2.05) is 92.7 Å². The number of nitrogens with zero attached hydrogens (tertiary/aromatic N) is 1. The molecule has 0 saturated heterocycles. The Morgan fingerprint density at radius 1 is 0.867 bits per heavy atom. The van der Waals surface area contributed by atoms with E-state index in [1.165, 1.54) is 0 Å². The maximum Gasteiger partial charge on any atom is 0.161 e. The summed E-state index contributed by atoms with van der Waals surface area (Å²) in [7, 11) is 0. The fraction of sp³-hybridized carbons (Fsp3) is 0.192.